The Labute approximate surface area is 132 Å². The molecule has 0 spiro atoms. The molecule has 1 aliphatic heterocycles. The Morgan fingerprint density at radius 3 is 1.59 bits per heavy atom. The first-order valence-corrected chi connectivity index (χ1v) is 7.81. The molecule has 0 radical (unpaired) electrons. The van der Waals surface area contributed by atoms with E-state index in [0.717, 1.165) is 31.7 Å². The van der Waals surface area contributed by atoms with Gasteiger partial charge in [-0.2, -0.15) is 0 Å². The third-order valence-corrected chi connectivity index (χ3v) is 4.32. The fourth-order valence-corrected chi connectivity index (χ4v) is 2.89. The summed E-state index contributed by atoms with van der Waals surface area (Å²) in [6.07, 6.45) is 0. The van der Waals surface area contributed by atoms with Gasteiger partial charge in [-0.15, -0.1) is 0 Å². The molecule has 0 N–H and O–H groups in total. The van der Waals surface area contributed by atoms with Crippen molar-refractivity contribution in [2.24, 2.45) is 0 Å². The van der Waals surface area contributed by atoms with E-state index in [0.29, 0.717) is 0 Å². The standard InChI is InChI=1S/C19H22N2O/c1-15-3-7-18(8-4-15)20-11-13-21(14-12-20)19-9-5-17(6-10-19)16(2)22/h3-10H,11-14H2,1-2H3. The summed E-state index contributed by atoms with van der Waals surface area (Å²) in [7, 11) is 0. The minimum atomic E-state index is 0.121. The summed E-state index contributed by atoms with van der Waals surface area (Å²) in [5.41, 5.74) is 4.58. The predicted octanol–water partition coefficient (Wildman–Crippen LogP) is 3.52. The molecule has 22 heavy (non-hydrogen) atoms. The number of ketones is 1. The first-order valence-electron chi connectivity index (χ1n) is 7.81. The monoisotopic (exact) mass is 294 g/mol. The van der Waals surface area contributed by atoms with Crippen molar-refractivity contribution in [2.45, 2.75) is 13.8 Å². The smallest absolute Gasteiger partial charge is 0.159 e. The van der Waals surface area contributed by atoms with Gasteiger partial charge in [-0.25, -0.2) is 0 Å². The van der Waals surface area contributed by atoms with Gasteiger partial charge in [0.05, 0.1) is 0 Å². The van der Waals surface area contributed by atoms with E-state index >= 15 is 0 Å². The Bertz CT molecular complexity index is 638. The molecule has 0 aromatic heterocycles. The Morgan fingerprint density at radius 1 is 0.773 bits per heavy atom. The molecule has 0 atom stereocenters. The topological polar surface area (TPSA) is 23.6 Å². The quantitative estimate of drug-likeness (QED) is 0.809. The van der Waals surface area contributed by atoms with Crippen molar-refractivity contribution >= 4 is 17.2 Å². The number of anilines is 2. The van der Waals surface area contributed by atoms with Crippen molar-refractivity contribution in [3.63, 3.8) is 0 Å². The summed E-state index contributed by atoms with van der Waals surface area (Å²) in [6, 6.07) is 16.7. The molecule has 114 valence electrons. The van der Waals surface area contributed by atoms with Gasteiger partial charge in [0.1, 0.15) is 0 Å². The van der Waals surface area contributed by atoms with Crippen molar-refractivity contribution in [3.05, 3.63) is 59.7 Å². The largest absolute Gasteiger partial charge is 0.368 e. The van der Waals surface area contributed by atoms with Crippen LogP contribution in [0, 0.1) is 6.92 Å². The van der Waals surface area contributed by atoms with Crippen LogP contribution >= 0.6 is 0 Å². The van der Waals surface area contributed by atoms with Crippen LogP contribution in [0.1, 0.15) is 22.8 Å². The second-order valence-corrected chi connectivity index (χ2v) is 5.91. The highest BCUT2D eigenvalue weighted by atomic mass is 16.1. The van der Waals surface area contributed by atoms with Gasteiger partial charge in [-0.1, -0.05) is 17.7 Å². The lowest BCUT2D eigenvalue weighted by Crippen LogP contribution is -2.46. The van der Waals surface area contributed by atoms with Gasteiger partial charge >= 0.3 is 0 Å². The van der Waals surface area contributed by atoms with Gasteiger partial charge in [0.2, 0.25) is 0 Å². The van der Waals surface area contributed by atoms with Gasteiger partial charge in [0.15, 0.2) is 5.78 Å². The highest BCUT2D eigenvalue weighted by Gasteiger charge is 2.17. The van der Waals surface area contributed by atoms with Crippen molar-refractivity contribution in [2.75, 3.05) is 36.0 Å². The molecular weight excluding hydrogens is 272 g/mol. The molecular formula is C19H22N2O. The number of carbonyl (C=O) groups is 1. The number of aryl methyl sites for hydroxylation is 1. The average Bonchev–Trinajstić information content (AvgIpc) is 2.56. The minimum Gasteiger partial charge on any atom is -0.368 e. The molecule has 0 saturated carbocycles. The molecule has 0 bridgehead atoms. The van der Waals surface area contributed by atoms with Crippen LogP contribution in [0.25, 0.3) is 0 Å². The van der Waals surface area contributed by atoms with Crippen LogP contribution in [0.3, 0.4) is 0 Å². The summed E-state index contributed by atoms with van der Waals surface area (Å²) < 4.78 is 0. The van der Waals surface area contributed by atoms with E-state index in [4.69, 9.17) is 0 Å². The highest BCUT2D eigenvalue weighted by Crippen LogP contribution is 2.21. The molecule has 1 fully saturated rings. The van der Waals surface area contributed by atoms with E-state index in [1.165, 1.54) is 16.9 Å². The SMILES string of the molecule is CC(=O)c1ccc(N2CCN(c3ccc(C)cc3)CC2)cc1. The molecule has 0 unspecified atom stereocenters. The van der Waals surface area contributed by atoms with E-state index in [-0.39, 0.29) is 5.78 Å². The van der Waals surface area contributed by atoms with Crippen LogP contribution in [0.2, 0.25) is 0 Å². The van der Waals surface area contributed by atoms with E-state index in [1.54, 1.807) is 6.92 Å². The number of benzene rings is 2. The molecule has 3 heteroatoms. The van der Waals surface area contributed by atoms with E-state index in [2.05, 4.69) is 53.1 Å². The van der Waals surface area contributed by atoms with E-state index in [1.807, 2.05) is 12.1 Å². The van der Waals surface area contributed by atoms with E-state index < -0.39 is 0 Å². The Morgan fingerprint density at radius 2 is 1.18 bits per heavy atom. The van der Waals surface area contributed by atoms with E-state index in [9.17, 15) is 4.79 Å². The number of carbonyl (C=O) groups excluding carboxylic acids is 1. The number of piperazine rings is 1. The maximum absolute atomic E-state index is 11.3. The fourth-order valence-electron chi connectivity index (χ4n) is 2.89. The van der Waals surface area contributed by atoms with Crippen LogP contribution in [-0.4, -0.2) is 32.0 Å². The van der Waals surface area contributed by atoms with Crippen LogP contribution < -0.4 is 9.80 Å². The minimum absolute atomic E-state index is 0.121. The maximum Gasteiger partial charge on any atom is 0.159 e. The summed E-state index contributed by atoms with van der Waals surface area (Å²) in [5, 5.41) is 0. The number of rotatable bonds is 3. The van der Waals surface area contributed by atoms with Crippen LogP contribution in [-0.2, 0) is 0 Å². The molecule has 1 heterocycles. The Kier molecular flexibility index (Phi) is 4.14. The zero-order valence-electron chi connectivity index (χ0n) is 13.2. The average molecular weight is 294 g/mol. The normalized spacial score (nSPS) is 15.0. The van der Waals surface area contributed by atoms with Crippen LogP contribution in [0.4, 0.5) is 11.4 Å². The van der Waals surface area contributed by atoms with Crippen molar-refractivity contribution in [3.8, 4) is 0 Å². The lowest BCUT2D eigenvalue weighted by atomic mass is 10.1. The predicted molar refractivity (Wildman–Crippen MR) is 92.1 cm³/mol. The molecule has 3 nitrogen and oxygen atoms in total. The molecule has 0 amide bonds. The molecule has 1 saturated heterocycles. The Hall–Kier alpha value is -2.29. The summed E-state index contributed by atoms with van der Waals surface area (Å²) in [4.78, 5) is 16.2. The number of hydrogen-bond donors (Lipinski definition) is 0. The third-order valence-electron chi connectivity index (χ3n) is 4.32. The zero-order valence-corrected chi connectivity index (χ0v) is 13.2. The van der Waals surface area contributed by atoms with Gasteiger partial charge in [-0.05, 0) is 50.2 Å². The molecule has 2 aromatic rings. The molecule has 0 aliphatic carbocycles. The number of hydrogen-bond acceptors (Lipinski definition) is 3. The number of Topliss-reactive ketones (excluding diaryl/α,β-unsaturated/α-hetero) is 1. The summed E-state index contributed by atoms with van der Waals surface area (Å²) in [5.74, 6) is 0.121. The molecule has 3 rings (SSSR count). The first-order chi connectivity index (χ1) is 10.6. The molecule has 1 aliphatic rings. The fraction of sp³-hybridized carbons (Fsp3) is 0.316. The Balaban J connectivity index is 1.63. The third kappa shape index (κ3) is 3.14. The maximum atomic E-state index is 11.3. The van der Waals surface area contributed by atoms with Gasteiger partial charge in [-0.3, -0.25) is 4.79 Å². The highest BCUT2D eigenvalue weighted by molar-refractivity contribution is 5.94. The molecule has 2 aromatic carbocycles. The summed E-state index contributed by atoms with van der Waals surface area (Å²) >= 11 is 0. The zero-order chi connectivity index (χ0) is 15.5. The summed E-state index contributed by atoms with van der Waals surface area (Å²) in [6.45, 7) is 7.79. The second kappa shape index (κ2) is 6.22. The van der Waals surface area contributed by atoms with Gasteiger partial charge in [0, 0.05) is 43.1 Å². The van der Waals surface area contributed by atoms with Crippen LogP contribution in [0.5, 0.6) is 0 Å². The van der Waals surface area contributed by atoms with Crippen LogP contribution in [0.15, 0.2) is 48.5 Å². The van der Waals surface area contributed by atoms with Crippen molar-refractivity contribution in [1.82, 2.24) is 0 Å². The van der Waals surface area contributed by atoms with Gasteiger partial charge < -0.3 is 9.80 Å². The first kappa shape index (κ1) is 14.6. The van der Waals surface area contributed by atoms with Crippen molar-refractivity contribution < 1.29 is 4.79 Å². The lowest BCUT2D eigenvalue weighted by molar-refractivity contribution is 0.101. The number of nitrogens with zero attached hydrogens (tertiary/aromatic N) is 2. The second-order valence-electron chi connectivity index (χ2n) is 5.91. The lowest BCUT2D eigenvalue weighted by Gasteiger charge is -2.37. The van der Waals surface area contributed by atoms with Crippen molar-refractivity contribution in [1.29, 1.82) is 0 Å². The van der Waals surface area contributed by atoms with Gasteiger partial charge in [0.25, 0.3) is 0 Å².